The van der Waals surface area contributed by atoms with Crippen LogP contribution in [0.1, 0.15) is 116 Å². The Bertz CT molecular complexity index is 4050. The molecular formula is C77H79N3O28. The summed E-state index contributed by atoms with van der Waals surface area (Å²) in [6.45, 7) is 1.39. The smallest absolute Gasteiger partial charge is 0.338 e. The number of hydrogen-bond acceptors (Lipinski definition) is 29. The number of azide groups is 1. The Morgan fingerprint density at radius 3 is 1.01 bits per heavy atom. The molecule has 0 saturated carbocycles. The van der Waals surface area contributed by atoms with Crippen LogP contribution in [0.4, 0.5) is 0 Å². The lowest BCUT2D eigenvalue weighted by Gasteiger charge is -2.44. The maximum Gasteiger partial charge on any atom is 0.338 e. The van der Waals surface area contributed by atoms with Crippen molar-refractivity contribution in [3.05, 3.63) is 226 Å². The highest BCUT2D eigenvalue weighted by molar-refractivity contribution is 5.92. The van der Waals surface area contributed by atoms with Gasteiger partial charge >= 0.3 is 59.7 Å². The molecule has 31 nitrogen and oxygen atoms in total. The molecule has 0 N–H and O–H groups in total. The second-order valence-corrected chi connectivity index (χ2v) is 24.8. The predicted octanol–water partition coefficient (Wildman–Crippen LogP) is 8.53. The summed E-state index contributed by atoms with van der Waals surface area (Å²) in [5, 5.41) is 3.63. The number of benzene rings is 6. The Morgan fingerprint density at radius 1 is 0.315 bits per heavy atom. The highest BCUT2D eigenvalue weighted by Gasteiger charge is 2.60. The molecule has 570 valence electrons. The van der Waals surface area contributed by atoms with Gasteiger partial charge in [0.25, 0.3) is 0 Å². The van der Waals surface area contributed by atoms with Gasteiger partial charge in [-0.25, -0.2) is 28.8 Å². The molecule has 108 heavy (non-hydrogen) atoms. The fourth-order valence-corrected chi connectivity index (χ4v) is 12.1. The Morgan fingerprint density at radius 2 is 0.620 bits per heavy atom. The van der Waals surface area contributed by atoms with Gasteiger partial charge in [0.15, 0.2) is 67.9 Å². The minimum Gasteiger partial charge on any atom is -0.463 e. The summed E-state index contributed by atoms with van der Waals surface area (Å²) in [6, 6.07) is 46.6. The zero-order valence-corrected chi connectivity index (χ0v) is 59.0. The highest BCUT2D eigenvalue weighted by Crippen LogP contribution is 2.40. The van der Waals surface area contributed by atoms with Crippen LogP contribution < -0.4 is 0 Å². The third-order valence-electron chi connectivity index (χ3n) is 17.0. The Labute approximate surface area is 618 Å². The lowest BCUT2D eigenvalue weighted by molar-refractivity contribution is -0.314. The largest absolute Gasteiger partial charge is 0.463 e. The molecule has 0 aromatic heterocycles. The molecule has 4 fully saturated rings. The first-order chi connectivity index (χ1) is 52.3. The molecule has 0 radical (unpaired) electrons. The molecule has 0 spiro atoms. The van der Waals surface area contributed by atoms with Crippen LogP contribution in [0.3, 0.4) is 0 Å². The number of carbonyl (C=O) groups is 10. The molecule has 10 rings (SSSR count). The molecule has 0 unspecified atom stereocenters. The minimum atomic E-state index is -1.98. The quantitative estimate of drug-likeness (QED) is 0.00911. The average molecular weight is 1490 g/mol. The summed E-state index contributed by atoms with van der Waals surface area (Å²) >= 11 is 0. The van der Waals surface area contributed by atoms with Crippen LogP contribution in [0.5, 0.6) is 0 Å². The standard InChI is InChI=1S/C77H79N3O28/c1-45(81)92-41-55-59(96-46(2)82)63(97-47(3)83)67(98-48(4)84)75(100-55)95-44-58-62(107-76-65(105-72(89)53-35-21-11-22-36-53)60(103-70(87)51-31-17-9-18-32-51)56(101-76)42-93-68(85)49-27-13-7-14-28-49)64(74(99-58)91-40-26-6-5-25-39-79-80-78)108-77-66(106-73(90)54-37-23-12-24-38-54)61(104-71(88)52-33-19-10-20-34-52)57(102-77)43-94-69(86)50-29-15-8-16-30-50/h7-24,27-38,55-67,74-77H,5-6,25-26,39-44H2,1-4H3/t55-,56-,57-,58-,59-,60-,61-,62-,63+,64+,65+,66+,67+,74+,75+,76-,77-/m1/s1. The van der Waals surface area contributed by atoms with Crippen molar-refractivity contribution in [2.75, 3.05) is 39.6 Å². The number of hydrogen-bond donors (Lipinski definition) is 0. The zero-order chi connectivity index (χ0) is 76.5. The molecule has 17 atom stereocenters. The highest BCUT2D eigenvalue weighted by atomic mass is 16.8. The van der Waals surface area contributed by atoms with Gasteiger partial charge < -0.3 is 85.3 Å². The van der Waals surface area contributed by atoms with Gasteiger partial charge in [0.05, 0.1) is 40.0 Å². The van der Waals surface area contributed by atoms with Crippen LogP contribution in [0, 0.1) is 0 Å². The van der Waals surface area contributed by atoms with E-state index < -0.39 is 191 Å². The summed E-state index contributed by atoms with van der Waals surface area (Å²) in [6.07, 6.45) is -27.8. The van der Waals surface area contributed by atoms with E-state index in [2.05, 4.69) is 10.0 Å². The Kier molecular flexibility index (Phi) is 29.1. The van der Waals surface area contributed by atoms with Gasteiger partial charge in [0, 0.05) is 45.8 Å². The number of nitrogens with zero attached hydrogens (tertiary/aromatic N) is 3. The van der Waals surface area contributed by atoms with E-state index in [1.165, 1.54) is 72.8 Å². The Hall–Kier alpha value is -11.0. The topological polar surface area (TPSA) is 386 Å². The van der Waals surface area contributed by atoms with Crippen LogP contribution in [0.25, 0.3) is 10.4 Å². The first-order valence-corrected chi connectivity index (χ1v) is 34.6. The molecule has 4 heterocycles. The van der Waals surface area contributed by atoms with Gasteiger partial charge in [-0.1, -0.05) is 127 Å². The fourth-order valence-electron chi connectivity index (χ4n) is 12.1. The van der Waals surface area contributed by atoms with Crippen molar-refractivity contribution in [1.82, 2.24) is 0 Å². The molecule has 4 aliphatic heterocycles. The molecule has 6 aromatic rings. The summed E-state index contributed by atoms with van der Waals surface area (Å²) in [5.41, 5.74) is 9.28. The van der Waals surface area contributed by atoms with Gasteiger partial charge in [-0.2, -0.15) is 0 Å². The zero-order valence-electron chi connectivity index (χ0n) is 59.0. The molecule has 6 aromatic carbocycles. The summed E-state index contributed by atoms with van der Waals surface area (Å²) in [7, 11) is 0. The van der Waals surface area contributed by atoms with E-state index in [4.69, 9.17) is 90.8 Å². The van der Waals surface area contributed by atoms with Crippen molar-refractivity contribution in [1.29, 1.82) is 0 Å². The van der Waals surface area contributed by atoms with Crippen LogP contribution in [0.2, 0.25) is 0 Å². The van der Waals surface area contributed by atoms with E-state index in [1.54, 1.807) is 109 Å². The van der Waals surface area contributed by atoms with Crippen LogP contribution in [-0.4, -0.2) is 204 Å². The van der Waals surface area contributed by atoms with Crippen LogP contribution >= 0.6 is 0 Å². The number of carbonyl (C=O) groups excluding carboxylic acids is 10. The Balaban J connectivity index is 1.11. The second kappa shape index (κ2) is 39.6. The molecule has 31 heteroatoms. The lowest BCUT2D eigenvalue weighted by atomic mass is 9.98. The number of rotatable bonds is 34. The van der Waals surface area contributed by atoms with Crippen molar-refractivity contribution in [2.24, 2.45) is 5.11 Å². The van der Waals surface area contributed by atoms with Crippen molar-refractivity contribution < 1.29 is 133 Å². The average Bonchev–Trinajstić information content (AvgIpc) is 1.58. The third kappa shape index (κ3) is 22.1. The van der Waals surface area contributed by atoms with E-state index in [9.17, 15) is 47.9 Å². The van der Waals surface area contributed by atoms with Crippen LogP contribution in [-0.2, 0) is 104 Å². The molecule has 0 bridgehead atoms. The monoisotopic (exact) mass is 1490 g/mol. The van der Waals surface area contributed by atoms with E-state index >= 15 is 0 Å². The molecule has 0 aliphatic carbocycles. The molecule has 0 amide bonds. The van der Waals surface area contributed by atoms with E-state index in [1.807, 2.05) is 0 Å². The summed E-state index contributed by atoms with van der Waals surface area (Å²) in [4.78, 5) is 140. The first-order valence-electron chi connectivity index (χ1n) is 34.6. The molecule has 4 saturated heterocycles. The van der Waals surface area contributed by atoms with Gasteiger partial charge in [-0.15, -0.1) is 0 Å². The summed E-state index contributed by atoms with van der Waals surface area (Å²) < 4.78 is 113. The van der Waals surface area contributed by atoms with Crippen molar-refractivity contribution >= 4 is 59.7 Å². The third-order valence-corrected chi connectivity index (χ3v) is 17.0. The maximum atomic E-state index is 14.7. The molecule has 4 aliphatic rings. The van der Waals surface area contributed by atoms with Crippen LogP contribution in [0.15, 0.2) is 187 Å². The fraction of sp³-hybridized carbons (Fsp3) is 0.403. The van der Waals surface area contributed by atoms with Gasteiger partial charge in [0.2, 0.25) is 0 Å². The maximum absolute atomic E-state index is 14.7. The van der Waals surface area contributed by atoms with Crippen molar-refractivity contribution in [3.8, 4) is 0 Å². The van der Waals surface area contributed by atoms with Gasteiger partial charge in [0.1, 0.15) is 56.4 Å². The minimum absolute atomic E-state index is 0.00269. The normalized spacial score (nSPS) is 25.5. The SMILES string of the molecule is CC(=O)OC[C@H]1O[C@H](OC[C@H]2O[C@H](OCCCCCCN=[N+]=[N-])[C@@H](O[C@H]3O[C@H](COC(=O)c4ccccc4)[C@@H](OC(=O)c4ccccc4)[C@@H]3OC(=O)c3ccccc3)[C@@H]2O[C@H]2O[C@H](COC(=O)c3ccccc3)[C@@H](OC(=O)c3ccccc3)[C@@H]2OC(=O)c2ccccc2)[C@@H](OC(C)=O)[C@@H](OC(C)=O)[C@@H]1OC(C)=O. The second-order valence-electron chi connectivity index (χ2n) is 24.8. The molecular weight excluding hydrogens is 1410 g/mol. The predicted molar refractivity (Wildman–Crippen MR) is 368 cm³/mol. The van der Waals surface area contributed by atoms with Crippen molar-refractivity contribution in [2.45, 2.75) is 158 Å². The van der Waals surface area contributed by atoms with Gasteiger partial charge in [-0.05, 0) is 91.2 Å². The summed E-state index contributed by atoms with van der Waals surface area (Å²) in [5.74, 6) is -9.25. The number of unbranched alkanes of at least 4 members (excludes halogenated alkanes) is 3. The number of ether oxygens (including phenoxy) is 18. The first kappa shape index (κ1) is 79.6. The van der Waals surface area contributed by atoms with E-state index in [-0.39, 0.29) is 46.5 Å². The van der Waals surface area contributed by atoms with E-state index in [0.29, 0.717) is 25.7 Å². The number of esters is 10. The van der Waals surface area contributed by atoms with Gasteiger partial charge in [-0.3, -0.25) is 19.2 Å². The van der Waals surface area contributed by atoms with Crippen molar-refractivity contribution in [3.63, 3.8) is 0 Å². The lowest BCUT2D eigenvalue weighted by Crippen LogP contribution is -2.63. The van der Waals surface area contributed by atoms with E-state index in [0.717, 1.165) is 27.7 Å².